The summed E-state index contributed by atoms with van der Waals surface area (Å²) in [6.45, 7) is 1.94. The first-order valence-corrected chi connectivity index (χ1v) is 12.4. The summed E-state index contributed by atoms with van der Waals surface area (Å²) in [5, 5.41) is 3.09. The van der Waals surface area contributed by atoms with E-state index in [1.54, 1.807) is 32.3 Å². The van der Waals surface area contributed by atoms with Crippen molar-refractivity contribution in [1.29, 1.82) is 0 Å². The van der Waals surface area contributed by atoms with Crippen molar-refractivity contribution in [2.45, 2.75) is 25.8 Å². The largest absolute Gasteiger partial charge is 0.497 e. The van der Waals surface area contributed by atoms with Crippen molar-refractivity contribution in [2.24, 2.45) is 5.92 Å². The van der Waals surface area contributed by atoms with Crippen LogP contribution in [0.25, 0.3) is 0 Å². The van der Waals surface area contributed by atoms with Gasteiger partial charge in [-0.1, -0.05) is 22.0 Å². The number of nitrogens with zero attached hydrogens (tertiary/aromatic N) is 1. The molecular weight excluding hydrogens is 524 g/mol. The molecule has 0 saturated carbocycles. The summed E-state index contributed by atoms with van der Waals surface area (Å²) in [6, 6.07) is 18.0. The second kappa shape index (κ2) is 11.0. The summed E-state index contributed by atoms with van der Waals surface area (Å²) < 4.78 is 17.2. The molecule has 7 nitrogen and oxygen atoms in total. The highest BCUT2D eigenvalue weighted by Gasteiger charge is 2.42. The van der Waals surface area contributed by atoms with Gasteiger partial charge in [0.2, 0.25) is 11.8 Å². The van der Waals surface area contributed by atoms with Crippen molar-refractivity contribution in [3.63, 3.8) is 0 Å². The fraction of sp³-hybridized carbons (Fsp3) is 0.286. The first kappa shape index (κ1) is 25.6. The molecule has 2 amide bonds. The minimum Gasteiger partial charge on any atom is -0.497 e. The number of aryl methyl sites for hydroxylation is 1. The van der Waals surface area contributed by atoms with E-state index in [4.69, 9.17) is 14.2 Å². The molecule has 36 heavy (non-hydrogen) atoms. The van der Waals surface area contributed by atoms with Crippen molar-refractivity contribution >= 4 is 39.1 Å². The van der Waals surface area contributed by atoms with Crippen LogP contribution >= 0.6 is 15.9 Å². The maximum atomic E-state index is 13.7. The highest BCUT2D eigenvalue weighted by atomic mass is 79.9. The van der Waals surface area contributed by atoms with E-state index < -0.39 is 12.0 Å². The summed E-state index contributed by atoms with van der Waals surface area (Å²) in [6.07, 6.45) is 0.680. The first-order chi connectivity index (χ1) is 17.4. The van der Waals surface area contributed by atoms with E-state index in [9.17, 15) is 9.59 Å². The van der Waals surface area contributed by atoms with Crippen LogP contribution < -0.4 is 24.4 Å². The number of ether oxygens (including phenoxy) is 3. The third kappa shape index (κ3) is 5.18. The van der Waals surface area contributed by atoms with Gasteiger partial charge in [-0.05, 0) is 79.1 Å². The van der Waals surface area contributed by atoms with Crippen LogP contribution in [0.5, 0.6) is 17.2 Å². The quantitative estimate of drug-likeness (QED) is 0.394. The number of carbonyl (C=O) groups excluding carboxylic acids is 2. The maximum Gasteiger partial charge on any atom is 0.229 e. The molecule has 4 rings (SSSR count). The third-order valence-electron chi connectivity index (χ3n) is 6.48. The molecule has 0 radical (unpaired) electrons. The number of nitrogens with one attached hydrogen (secondary N) is 1. The maximum absolute atomic E-state index is 13.7. The van der Waals surface area contributed by atoms with Crippen LogP contribution in [0.2, 0.25) is 0 Å². The molecule has 1 heterocycles. The van der Waals surface area contributed by atoms with E-state index in [2.05, 4.69) is 21.2 Å². The SMILES string of the molecule is COc1ccc(N2C(=O)CC[C@H](C(=O)Nc3ccc(Br)cc3C)[C@H]2c2ccc(OC)c(OC)c2)cc1. The number of halogens is 1. The van der Waals surface area contributed by atoms with Crippen molar-refractivity contribution < 1.29 is 23.8 Å². The van der Waals surface area contributed by atoms with Crippen LogP contribution in [0.15, 0.2) is 65.1 Å². The molecule has 8 heteroatoms. The van der Waals surface area contributed by atoms with Crippen LogP contribution in [0.1, 0.15) is 30.0 Å². The van der Waals surface area contributed by atoms with Gasteiger partial charge in [0.05, 0.1) is 33.3 Å². The molecule has 0 spiro atoms. The Morgan fingerprint density at radius 3 is 2.31 bits per heavy atom. The molecular formula is C28H29BrN2O5. The van der Waals surface area contributed by atoms with Gasteiger partial charge < -0.3 is 24.4 Å². The number of piperidine rings is 1. The van der Waals surface area contributed by atoms with Crippen LogP contribution in [0.3, 0.4) is 0 Å². The molecule has 0 unspecified atom stereocenters. The molecule has 0 aromatic heterocycles. The molecule has 3 aromatic carbocycles. The van der Waals surface area contributed by atoms with Crippen molar-refractivity contribution in [3.8, 4) is 17.2 Å². The van der Waals surface area contributed by atoms with Gasteiger partial charge in [-0.25, -0.2) is 0 Å². The fourth-order valence-electron chi connectivity index (χ4n) is 4.63. The van der Waals surface area contributed by atoms with Crippen LogP contribution in [0, 0.1) is 12.8 Å². The van der Waals surface area contributed by atoms with Crippen molar-refractivity contribution in [2.75, 3.05) is 31.5 Å². The monoisotopic (exact) mass is 552 g/mol. The zero-order valence-corrected chi connectivity index (χ0v) is 22.3. The number of carbonyl (C=O) groups is 2. The molecule has 2 atom stereocenters. The summed E-state index contributed by atoms with van der Waals surface area (Å²) in [7, 11) is 4.73. The van der Waals surface area contributed by atoms with Gasteiger partial charge in [0.15, 0.2) is 11.5 Å². The number of rotatable bonds is 7. The summed E-state index contributed by atoms with van der Waals surface area (Å²) in [4.78, 5) is 28.8. The van der Waals surface area contributed by atoms with E-state index in [1.165, 1.54) is 0 Å². The van der Waals surface area contributed by atoms with E-state index >= 15 is 0 Å². The first-order valence-electron chi connectivity index (χ1n) is 11.6. The minimum absolute atomic E-state index is 0.0520. The Balaban J connectivity index is 1.78. The average Bonchev–Trinajstić information content (AvgIpc) is 2.89. The van der Waals surface area contributed by atoms with Gasteiger partial charge >= 0.3 is 0 Å². The molecule has 1 aliphatic heterocycles. The highest BCUT2D eigenvalue weighted by molar-refractivity contribution is 9.10. The summed E-state index contributed by atoms with van der Waals surface area (Å²) in [5.41, 5.74) is 3.16. The van der Waals surface area contributed by atoms with Gasteiger partial charge in [-0.2, -0.15) is 0 Å². The second-order valence-corrected chi connectivity index (χ2v) is 9.53. The lowest BCUT2D eigenvalue weighted by atomic mass is 9.83. The number of methoxy groups -OCH3 is 3. The number of hydrogen-bond donors (Lipinski definition) is 1. The Morgan fingerprint density at radius 2 is 1.67 bits per heavy atom. The van der Waals surface area contributed by atoms with Gasteiger partial charge in [-0.3, -0.25) is 9.59 Å². The Morgan fingerprint density at radius 1 is 0.944 bits per heavy atom. The zero-order valence-electron chi connectivity index (χ0n) is 20.7. The standard InChI is InChI=1S/C28H29BrN2O5/c1-17-15-19(29)6-12-23(17)30-28(33)22-11-14-26(32)31(20-7-9-21(34-2)10-8-20)27(22)18-5-13-24(35-3)25(16-18)36-4/h5-10,12-13,15-16,22,27H,11,14H2,1-4H3,(H,30,33)/t22-,27+/m0/s1. The highest BCUT2D eigenvalue weighted by Crippen LogP contribution is 2.43. The Labute approximate surface area is 219 Å². The number of benzene rings is 3. The van der Waals surface area contributed by atoms with Gasteiger partial charge in [0.25, 0.3) is 0 Å². The molecule has 1 saturated heterocycles. The van der Waals surface area contributed by atoms with Crippen LogP contribution in [0.4, 0.5) is 11.4 Å². The average molecular weight is 553 g/mol. The minimum atomic E-state index is -0.546. The lowest BCUT2D eigenvalue weighted by Crippen LogP contribution is -2.47. The Kier molecular flexibility index (Phi) is 7.84. The molecule has 1 N–H and O–H groups in total. The predicted molar refractivity (Wildman–Crippen MR) is 143 cm³/mol. The van der Waals surface area contributed by atoms with Gasteiger partial charge in [-0.15, -0.1) is 0 Å². The fourth-order valence-corrected chi connectivity index (χ4v) is 5.10. The van der Waals surface area contributed by atoms with Crippen LogP contribution in [-0.2, 0) is 9.59 Å². The Hall–Kier alpha value is -3.52. The molecule has 3 aromatic rings. The zero-order chi connectivity index (χ0) is 25.8. The molecule has 1 aliphatic rings. The lowest BCUT2D eigenvalue weighted by Gasteiger charge is -2.41. The molecule has 0 bridgehead atoms. The Bertz CT molecular complexity index is 1260. The molecule has 188 valence electrons. The second-order valence-electron chi connectivity index (χ2n) is 8.61. The number of amides is 2. The predicted octanol–water partition coefficient (Wildman–Crippen LogP) is 5.91. The smallest absolute Gasteiger partial charge is 0.229 e. The van der Waals surface area contributed by atoms with Crippen LogP contribution in [-0.4, -0.2) is 33.1 Å². The van der Waals surface area contributed by atoms with Crippen molar-refractivity contribution in [1.82, 2.24) is 0 Å². The van der Waals surface area contributed by atoms with E-state index in [-0.39, 0.29) is 18.2 Å². The third-order valence-corrected chi connectivity index (χ3v) is 6.97. The number of anilines is 2. The van der Waals surface area contributed by atoms with E-state index in [0.29, 0.717) is 29.4 Å². The normalized spacial score (nSPS) is 17.5. The topological polar surface area (TPSA) is 77.1 Å². The van der Waals surface area contributed by atoms with Gasteiger partial charge in [0.1, 0.15) is 5.75 Å². The van der Waals surface area contributed by atoms with Crippen molar-refractivity contribution in [3.05, 3.63) is 76.3 Å². The van der Waals surface area contributed by atoms with Gasteiger partial charge in [0, 0.05) is 22.3 Å². The molecule has 1 fully saturated rings. The summed E-state index contributed by atoms with van der Waals surface area (Å²) >= 11 is 3.47. The molecule has 0 aliphatic carbocycles. The number of hydrogen-bond acceptors (Lipinski definition) is 5. The summed E-state index contributed by atoms with van der Waals surface area (Å²) in [5.74, 6) is 1.10. The van der Waals surface area contributed by atoms with E-state index in [0.717, 1.165) is 21.3 Å². The lowest BCUT2D eigenvalue weighted by molar-refractivity contribution is -0.125. The van der Waals surface area contributed by atoms with E-state index in [1.807, 2.05) is 61.5 Å².